The van der Waals surface area contributed by atoms with Gasteiger partial charge in [-0.3, -0.25) is 0 Å². The molecule has 0 fully saturated rings. The van der Waals surface area contributed by atoms with Crippen molar-refractivity contribution >= 4 is 11.6 Å². The Kier molecular flexibility index (Phi) is 4.31. The number of halogens is 1. The summed E-state index contributed by atoms with van der Waals surface area (Å²) in [5.74, 6) is 1.40. The fourth-order valence-corrected chi connectivity index (χ4v) is 1.52. The molecule has 0 spiro atoms. The topological polar surface area (TPSA) is 0 Å². The molecule has 1 aromatic carbocycles. The van der Waals surface area contributed by atoms with Crippen LogP contribution in [0.3, 0.4) is 0 Å². The largest absolute Gasteiger partial charge is 0.126 e. The van der Waals surface area contributed by atoms with Gasteiger partial charge < -0.3 is 0 Å². The second-order valence-corrected chi connectivity index (χ2v) is 4.03. The minimum Gasteiger partial charge on any atom is -0.126 e. The Balaban J connectivity index is 2.50. The van der Waals surface area contributed by atoms with Gasteiger partial charge in [-0.15, -0.1) is 11.6 Å². The monoisotopic (exact) mass is 196 g/mol. The molecule has 0 nitrogen and oxygen atoms in total. The van der Waals surface area contributed by atoms with Crippen LogP contribution >= 0.6 is 11.6 Å². The van der Waals surface area contributed by atoms with Gasteiger partial charge >= 0.3 is 0 Å². The lowest BCUT2D eigenvalue weighted by Crippen LogP contribution is -1.99. The van der Waals surface area contributed by atoms with Crippen LogP contribution in [0.5, 0.6) is 0 Å². The lowest BCUT2D eigenvalue weighted by atomic mass is 9.99. The summed E-state index contributed by atoms with van der Waals surface area (Å²) in [6.45, 7) is 4.37. The van der Waals surface area contributed by atoms with Crippen molar-refractivity contribution in [2.24, 2.45) is 5.92 Å². The molecule has 1 rings (SSSR count). The van der Waals surface area contributed by atoms with E-state index in [2.05, 4.69) is 38.1 Å². The zero-order chi connectivity index (χ0) is 9.68. The van der Waals surface area contributed by atoms with Crippen LogP contribution in [-0.4, -0.2) is 5.88 Å². The van der Waals surface area contributed by atoms with Crippen molar-refractivity contribution < 1.29 is 0 Å². The summed E-state index contributed by atoms with van der Waals surface area (Å²) in [7, 11) is 0. The van der Waals surface area contributed by atoms with Crippen LogP contribution in [0.1, 0.15) is 24.5 Å². The van der Waals surface area contributed by atoms with E-state index in [9.17, 15) is 0 Å². The van der Waals surface area contributed by atoms with Crippen molar-refractivity contribution in [2.75, 3.05) is 5.88 Å². The minimum atomic E-state index is 0.626. The average molecular weight is 197 g/mol. The third kappa shape index (κ3) is 3.40. The van der Waals surface area contributed by atoms with E-state index in [1.807, 2.05) is 0 Å². The maximum atomic E-state index is 5.76. The van der Waals surface area contributed by atoms with Gasteiger partial charge in [0.2, 0.25) is 0 Å². The van der Waals surface area contributed by atoms with Crippen molar-refractivity contribution in [3.05, 3.63) is 35.4 Å². The molecule has 0 aliphatic rings. The fraction of sp³-hybridized carbons (Fsp3) is 0.500. The van der Waals surface area contributed by atoms with Gasteiger partial charge in [-0.05, 0) is 36.8 Å². The summed E-state index contributed by atoms with van der Waals surface area (Å²) in [6.07, 6.45) is 2.34. The second kappa shape index (κ2) is 5.29. The van der Waals surface area contributed by atoms with Gasteiger partial charge in [0.05, 0.1) is 0 Å². The Morgan fingerprint density at radius 3 is 2.62 bits per heavy atom. The lowest BCUT2D eigenvalue weighted by Gasteiger charge is -2.08. The lowest BCUT2D eigenvalue weighted by molar-refractivity contribution is 0.592. The number of benzene rings is 1. The molecule has 1 unspecified atom stereocenters. The van der Waals surface area contributed by atoms with E-state index in [1.165, 1.54) is 17.5 Å². The van der Waals surface area contributed by atoms with E-state index in [1.54, 1.807) is 0 Å². The first kappa shape index (κ1) is 10.6. The molecule has 0 aliphatic carbocycles. The summed E-state index contributed by atoms with van der Waals surface area (Å²) >= 11 is 5.76. The first-order valence-electron chi connectivity index (χ1n) is 4.84. The van der Waals surface area contributed by atoms with E-state index >= 15 is 0 Å². The molecule has 0 aromatic heterocycles. The van der Waals surface area contributed by atoms with Crippen molar-refractivity contribution in [1.82, 2.24) is 0 Å². The predicted molar refractivity (Wildman–Crippen MR) is 59.4 cm³/mol. The zero-order valence-electron chi connectivity index (χ0n) is 8.39. The third-order valence-electron chi connectivity index (χ3n) is 2.43. The highest BCUT2D eigenvalue weighted by Gasteiger charge is 2.02. The maximum Gasteiger partial charge on any atom is 0.0249 e. The van der Waals surface area contributed by atoms with Gasteiger partial charge in [0.15, 0.2) is 0 Å². The van der Waals surface area contributed by atoms with Crippen molar-refractivity contribution in [2.45, 2.75) is 26.7 Å². The minimum absolute atomic E-state index is 0.626. The van der Waals surface area contributed by atoms with Gasteiger partial charge in [0.1, 0.15) is 0 Å². The van der Waals surface area contributed by atoms with Crippen molar-refractivity contribution in [3.8, 4) is 0 Å². The molecule has 0 bridgehead atoms. The Morgan fingerprint density at radius 2 is 2.00 bits per heavy atom. The maximum absolute atomic E-state index is 5.76. The summed E-state index contributed by atoms with van der Waals surface area (Å²) in [4.78, 5) is 0. The molecule has 0 amide bonds. The van der Waals surface area contributed by atoms with Crippen LogP contribution in [0, 0.1) is 12.8 Å². The molecule has 0 saturated carbocycles. The summed E-state index contributed by atoms with van der Waals surface area (Å²) in [6, 6.07) is 8.56. The molecule has 0 saturated heterocycles. The molecule has 0 heterocycles. The summed E-state index contributed by atoms with van der Waals surface area (Å²) in [5.41, 5.74) is 2.85. The molecule has 0 aliphatic heterocycles. The highest BCUT2D eigenvalue weighted by molar-refractivity contribution is 6.18. The average Bonchev–Trinajstić information content (AvgIpc) is 2.16. The standard InChI is InChI=1S/C12H17Cl/c1-10(9-13)7-8-12-6-4-3-5-11(12)2/h3-6,10H,7-9H2,1-2H3. The van der Waals surface area contributed by atoms with Crippen LogP contribution in [0.25, 0.3) is 0 Å². The fourth-order valence-electron chi connectivity index (χ4n) is 1.37. The van der Waals surface area contributed by atoms with E-state index in [4.69, 9.17) is 11.6 Å². The van der Waals surface area contributed by atoms with Gasteiger partial charge in [0.25, 0.3) is 0 Å². The predicted octanol–water partition coefficient (Wildman–Crippen LogP) is 3.80. The number of alkyl halides is 1. The second-order valence-electron chi connectivity index (χ2n) is 3.72. The smallest absolute Gasteiger partial charge is 0.0249 e. The molecular weight excluding hydrogens is 180 g/mol. The highest BCUT2D eigenvalue weighted by Crippen LogP contribution is 2.13. The molecule has 1 heteroatoms. The summed E-state index contributed by atoms with van der Waals surface area (Å²) < 4.78 is 0. The van der Waals surface area contributed by atoms with Crippen LogP contribution in [0.15, 0.2) is 24.3 Å². The summed E-state index contributed by atoms with van der Waals surface area (Å²) in [5, 5.41) is 0. The van der Waals surface area contributed by atoms with Crippen molar-refractivity contribution in [3.63, 3.8) is 0 Å². The molecule has 0 radical (unpaired) electrons. The number of hydrogen-bond acceptors (Lipinski definition) is 0. The van der Waals surface area contributed by atoms with E-state index < -0.39 is 0 Å². The van der Waals surface area contributed by atoms with Crippen LogP contribution < -0.4 is 0 Å². The SMILES string of the molecule is Cc1ccccc1CCC(C)CCl. The van der Waals surface area contributed by atoms with Gasteiger partial charge in [-0.2, -0.15) is 0 Å². The molecule has 72 valence electrons. The molecule has 13 heavy (non-hydrogen) atoms. The van der Waals surface area contributed by atoms with Gasteiger partial charge in [-0.1, -0.05) is 31.2 Å². The Hall–Kier alpha value is -0.490. The Bertz CT molecular complexity index is 255. The van der Waals surface area contributed by atoms with Crippen LogP contribution in [0.4, 0.5) is 0 Å². The zero-order valence-corrected chi connectivity index (χ0v) is 9.14. The number of hydrogen-bond donors (Lipinski definition) is 0. The van der Waals surface area contributed by atoms with Crippen LogP contribution in [-0.2, 0) is 6.42 Å². The van der Waals surface area contributed by atoms with Gasteiger partial charge in [-0.25, -0.2) is 0 Å². The van der Waals surface area contributed by atoms with E-state index in [-0.39, 0.29) is 0 Å². The normalized spacial score (nSPS) is 12.8. The molecule has 0 N–H and O–H groups in total. The van der Waals surface area contributed by atoms with Crippen molar-refractivity contribution in [1.29, 1.82) is 0 Å². The number of rotatable bonds is 4. The molecule has 1 aromatic rings. The number of aryl methyl sites for hydroxylation is 2. The van der Waals surface area contributed by atoms with Gasteiger partial charge in [0, 0.05) is 5.88 Å². The Labute approximate surface area is 85.9 Å². The van der Waals surface area contributed by atoms with E-state index in [0.717, 1.165) is 12.3 Å². The molecular formula is C12H17Cl. The molecule has 1 atom stereocenters. The third-order valence-corrected chi connectivity index (χ3v) is 2.96. The highest BCUT2D eigenvalue weighted by atomic mass is 35.5. The Morgan fingerprint density at radius 1 is 1.31 bits per heavy atom. The van der Waals surface area contributed by atoms with E-state index in [0.29, 0.717) is 5.92 Å². The first-order chi connectivity index (χ1) is 6.24. The first-order valence-corrected chi connectivity index (χ1v) is 5.38. The quantitative estimate of drug-likeness (QED) is 0.643. The van der Waals surface area contributed by atoms with Crippen LogP contribution in [0.2, 0.25) is 0 Å².